The Labute approximate surface area is 128 Å². The van der Waals surface area contributed by atoms with E-state index in [9.17, 15) is 8.42 Å². The van der Waals surface area contributed by atoms with Gasteiger partial charge in [0.2, 0.25) is 10.0 Å². The number of rotatable bonds is 10. The largest absolute Gasteiger partial charge is 0.324 e. The SMILES string of the molecule is CC(C)CCCCCCNS(=O)(=O)c1ccc(NN)cc1. The van der Waals surface area contributed by atoms with Gasteiger partial charge in [-0.25, -0.2) is 13.1 Å². The Kier molecular flexibility index (Phi) is 7.71. The zero-order chi connectivity index (χ0) is 15.7. The Bertz CT molecular complexity index is 498. The topological polar surface area (TPSA) is 84.2 Å². The van der Waals surface area contributed by atoms with Gasteiger partial charge in [0.25, 0.3) is 0 Å². The number of nitrogens with two attached hydrogens (primary N) is 1. The van der Waals surface area contributed by atoms with Crippen molar-refractivity contribution < 1.29 is 8.42 Å². The lowest BCUT2D eigenvalue weighted by atomic mass is 10.0. The first-order chi connectivity index (χ1) is 9.95. The summed E-state index contributed by atoms with van der Waals surface area (Å²) in [4.78, 5) is 0.265. The Morgan fingerprint density at radius 1 is 1.05 bits per heavy atom. The van der Waals surface area contributed by atoms with Crippen molar-refractivity contribution in [1.29, 1.82) is 0 Å². The zero-order valence-corrected chi connectivity index (χ0v) is 13.7. The summed E-state index contributed by atoms with van der Waals surface area (Å²) in [6, 6.07) is 6.36. The van der Waals surface area contributed by atoms with Crippen LogP contribution in [0, 0.1) is 5.92 Å². The Morgan fingerprint density at radius 2 is 1.67 bits per heavy atom. The summed E-state index contributed by atoms with van der Waals surface area (Å²) in [5, 5.41) is 0. The normalized spacial score (nSPS) is 11.8. The molecule has 1 aromatic carbocycles. The Morgan fingerprint density at radius 3 is 2.24 bits per heavy atom. The van der Waals surface area contributed by atoms with Gasteiger partial charge >= 0.3 is 0 Å². The van der Waals surface area contributed by atoms with Gasteiger partial charge in [0, 0.05) is 12.2 Å². The second-order valence-corrected chi connectivity index (χ2v) is 7.43. The lowest BCUT2D eigenvalue weighted by Gasteiger charge is -2.08. The van der Waals surface area contributed by atoms with Crippen LogP contribution in [-0.2, 0) is 10.0 Å². The lowest BCUT2D eigenvalue weighted by molar-refractivity contribution is 0.517. The van der Waals surface area contributed by atoms with Gasteiger partial charge < -0.3 is 5.43 Å². The number of benzene rings is 1. The maximum absolute atomic E-state index is 12.0. The molecule has 0 unspecified atom stereocenters. The number of hydrazine groups is 1. The maximum Gasteiger partial charge on any atom is 0.240 e. The highest BCUT2D eigenvalue weighted by atomic mass is 32.2. The van der Waals surface area contributed by atoms with Gasteiger partial charge in [0.05, 0.1) is 4.90 Å². The molecule has 0 bridgehead atoms. The van der Waals surface area contributed by atoms with Crippen LogP contribution in [0.3, 0.4) is 0 Å². The molecule has 6 heteroatoms. The second-order valence-electron chi connectivity index (χ2n) is 5.66. The van der Waals surface area contributed by atoms with E-state index in [1.165, 1.54) is 12.8 Å². The van der Waals surface area contributed by atoms with Crippen molar-refractivity contribution in [3.63, 3.8) is 0 Å². The molecule has 0 atom stereocenters. The fourth-order valence-corrected chi connectivity index (χ4v) is 3.13. The van der Waals surface area contributed by atoms with Gasteiger partial charge in [-0.2, -0.15) is 0 Å². The lowest BCUT2D eigenvalue weighted by Crippen LogP contribution is -2.24. The van der Waals surface area contributed by atoms with Gasteiger partial charge in [-0.15, -0.1) is 0 Å². The summed E-state index contributed by atoms with van der Waals surface area (Å²) >= 11 is 0. The van der Waals surface area contributed by atoms with Crippen molar-refractivity contribution in [3.05, 3.63) is 24.3 Å². The molecule has 120 valence electrons. The van der Waals surface area contributed by atoms with E-state index in [-0.39, 0.29) is 4.90 Å². The predicted octanol–water partition coefficient (Wildman–Crippen LogP) is 2.86. The predicted molar refractivity (Wildman–Crippen MR) is 87.4 cm³/mol. The number of hydrogen-bond acceptors (Lipinski definition) is 4. The first kappa shape index (κ1) is 17.9. The molecular formula is C15H27N3O2S. The molecule has 0 amide bonds. The van der Waals surface area contributed by atoms with Crippen molar-refractivity contribution in [3.8, 4) is 0 Å². The molecule has 0 heterocycles. The quantitative estimate of drug-likeness (QED) is 0.352. The van der Waals surface area contributed by atoms with Crippen LogP contribution in [0.4, 0.5) is 5.69 Å². The van der Waals surface area contributed by atoms with Crippen LogP contribution in [0.2, 0.25) is 0 Å². The van der Waals surface area contributed by atoms with Crippen LogP contribution in [0.1, 0.15) is 46.0 Å². The third-order valence-corrected chi connectivity index (χ3v) is 4.81. The number of anilines is 1. The minimum absolute atomic E-state index is 0.265. The molecule has 4 N–H and O–H groups in total. The van der Waals surface area contributed by atoms with E-state index in [2.05, 4.69) is 24.0 Å². The minimum atomic E-state index is -3.41. The summed E-state index contributed by atoms with van der Waals surface area (Å²) in [5.41, 5.74) is 3.15. The van der Waals surface area contributed by atoms with Crippen LogP contribution in [0.5, 0.6) is 0 Å². The van der Waals surface area contributed by atoms with E-state index in [1.54, 1.807) is 24.3 Å². The number of hydrogen-bond donors (Lipinski definition) is 3. The molecule has 0 saturated carbocycles. The number of nitrogens with one attached hydrogen (secondary N) is 2. The highest BCUT2D eigenvalue weighted by Crippen LogP contribution is 2.13. The summed E-state index contributed by atoms with van der Waals surface area (Å²) < 4.78 is 26.7. The molecule has 21 heavy (non-hydrogen) atoms. The summed E-state index contributed by atoms with van der Waals surface area (Å²) in [6.07, 6.45) is 5.56. The van der Waals surface area contributed by atoms with Gasteiger partial charge in [-0.1, -0.05) is 39.5 Å². The average Bonchev–Trinajstić information content (AvgIpc) is 2.46. The summed E-state index contributed by atoms with van der Waals surface area (Å²) in [5.74, 6) is 6.00. The van der Waals surface area contributed by atoms with Gasteiger partial charge in [-0.05, 0) is 36.6 Å². The molecule has 0 aromatic heterocycles. The third-order valence-electron chi connectivity index (χ3n) is 3.33. The fourth-order valence-electron chi connectivity index (χ4n) is 2.05. The molecule has 0 fully saturated rings. The smallest absolute Gasteiger partial charge is 0.240 e. The Hall–Kier alpha value is -1.11. The van der Waals surface area contributed by atoms with Gasteiger partial charge in [0.1, 0.15) is 0 Å². The van der Waals surface area contributed by atoms with E-state index < -0.39 is 10.0 Å². The van der Waals surface area contributed by atoms with Crippen molar-refractivity contribution in [2.24, 2.45) is 11.8 Å². The molecule has 0 saturated heterocycles. The molecule has 1 aromatic rings. The van der Waals surface area contributed by atoms with E-state index in [4.69, 9.17) is 5.84 Å². The van der Waals surface area contributed by atoms with Crippen LogP contribution < -0.4 is 16.0 Å². The highest BCUT2D eigenvalue weighted by molar-refractivity contribution is 7.89. The number of nitrogen functional groups attached to an aromatic ring is 1. The molecule has 0 aliphatic heterocycles. The van der Waals surface area contributed by atoms with Crippen molar-refractivity contribution in [2.75, 3.05) is 12.0 Å². The van der Waals surface area contributed by atoms with Crippen LogP contribution in [-0.4, -0.2) is 15.0 Å². The van der Waals surface area contributed by atoms with Crippen molar-refractivity contribution >= 4 is 15.7 Å². The van der Waals surface area contributed by atoms with Crippen LogP contribution >= 0.6 is 0 Å². The van der Waals surface area contributed by atoms with Crippen molar-refractivity contribution in [1.82, 2.24) is 4.72 Å². The van der Waals surface area contributed by atoms with E-state index in [0.29, 0.717) is 12.2 Å². The molecule has 0 aliphatic rings. The standard InChI is InChI=1S/C15H27N3O2S/c1-13(2)7-5-3-4-6-12-17-21(19,20)15-10-8-14(18-16)9-11-15/h8-11,13,17-18H,3-7,12,16H2,1-2H3. The molecule has 5 nitrogen and oxygen atoms in total. The molecule has 1 rings (SSSR count). The molecule has 0 radical (unpaired) electrons. The van der Waals surface area contributed by atoms with Crippen molar-refractivity contribution in [2.45, 2.75) is 50.8 Å². The van der Waals surface area contributed by atoms with E-state index in [1.807, 2.05) is 0 Å². The van der Waals surface area contributed by atoms with Crippen LogP contribution in [0.25, 0.3) is 0 Å². The Balaban J connectivity index is 2.29. The highest BCUT2D eigenvalue weighted by Gasteiger charge is 2.12. The fraction of sp³-hybridized carbons (Fsp3) is 0.600. The minimum Gasteiger partial charge on any atom is -0.324 e. The third kappa shape index (κ3) is 6.93. The monoisotopic (exact) mass is 313 g/mol. The summed E-state index contributed by atoms with van der Waals surface area (Å²) in [6.45, 7) is 4.93. The van der Waals surface area contributed by atoms with Crippen LogP contribution in [0.15, 0.2) is 29.2 Å². The molecule has 0 spiro atoms. The van der Waals surface area contributed by atoms with E-state index in [0.717, 1.165) is 25.2 Å². The first-order valence-corrected chi connectivity index (χ1v) is 9.00. The maximum atomic E-state index is 12.0. The molecule has 0 aliphatic carbocycles. The number of unbranched alkanes of at least 4 members (excludes halogenated alkanes) is 3. The molecular weight excluding hydrogens is 286 g/mol. The van der Waals surface area contributed by atoms with Gasteiger partial charge in [-0.3, -0.25) is 5.84 Å². The van der Waals surface area contributed by atoms with Gasteiger partial charge in [0.15, 0.2) is 0 Å². The average molecular weight is 313 g/mol. The summed E-state index contributed by atoms with van der Waals surface area (Å²) in [7, 11) is -3.41. The number of sulfonamides is 1. The first-order valence-electron chi connectivity index (χ1n) is 7.52. The second kappa shape index (κ2) is 9.02. The zero-order valence-electron chi connectivity index (χ0n) is 12.9. The van der Waals surface area contributed by atoms with E-state index >= 15 is 0 Å².